The van der Waals surface area contributed by atoms with Crippen LogP contribution in [-0.2, 0) is 0 Å². The monoisotopic (exact) mass is 184 g/mol. The van der Waals surface area contributed by atoms with Crippen molar-refractivity contribution in [1.29, 1.82) is 0 Å². The third-order valence-electron chi connectivity index (χ3n) is 0.737. The predicted molar refractivity (Wildman–Crippen MR) is 46.0 cm³/mol. The molecule has 0 aliphatic rings. The van der Waals surface area contributed by atoms with Gasteiger partial charge in [-0.1, -0.05) is 19.8 Å². The fraction of sp³-hybridized carbons (Fsp3) is 1.00. The van der Waals surface area contributed by atoms with Gasteiger partial charge in [-0.25, -0.2) is 0 Å². The number of halogens is 2. The molecular formula is C5H14CaCl2. The zero-order valence-electron chi connectivity index (χ0n) is 4.61. The van der Waals surface area contributed by atoms with E-state index >= 15 is 0 Å². The van der Waals surface area contributed by atoms with Crippen LogP contribution in [0.25, 0.3) is 0 Å². The number of unbranched alkanes of at least 4 members (excludes halogenated alkanes) is 2. The Hall–Kier alpha value is 1.84. The molecule has 0 rings (SSSR count). The van der Waals surface area contributed by atoms with Gasteiger partial charge in [0.15, 0.2) is 0 Å². The topological polar surface area (TPSA) is 0 Å². The minimum atomic E-state index is 0. The predicted octanol–water partition coefficient (Wildman–Crippen LogP) is 1.92. The molecule has 0 nitrogen and oxygen atoms in total. The second kappa shape index (κ2) is 15.9. The summed E-state index contributed by atoms with van der Waals surface area (Å²) in [7, 11) is 0. The van der Waals surface area contributed by atoms with Crippen LogP contribution in [0.4, 0.5) is 0 Å². The number of hydrogen-bond donors (Lipinski definition) is 0. The first kappa shape index (κ1) is 16.4. The quantitative estimate of drug-likeness (QED) is 0.358. The first-order valence-corrected chi connectivity index (χ1v) is 3.01. The molecule has 0 atom stereocenters. The van der Waals surface area contributed by atoms with E-state index in [1.54, 1.807) is 0 Å². The van der Waals surface area contributed by atoms with Gasteiger partial charge in [0.2, 0.25) is 0 Å². The fourth-order valence-electron chi connectivity index (χ4n) is 0.344. The van der Waals surface area contributed by atoms with Crippen LogP contribution in [0.15, 0.2) is 0 Å². The van der Waals surface area contributed by atoms with E-state index in [9.17, 15) is 0 Å². The average molecular weight is 185 g/mol. The molecule has 0 aromatic carbocycles. The van der Waals surface area contributed by atoms with Gasteiger partial charge in [-0.3, -0.25) is 0 Å². The minimum absolute atomic E-state index is 0. The Balaban J connectivity index is -0.000000125. The summed E-state index contributed by atoms with van der Waals surface area (Å²) in [5, 5.41) is 0. The number of alkyl halides is 1. The van der Waals surface area contributed by atoms with Gasteiger partial charge in [0.25, 0.3) is 0 Å². The van der Waals surface area contributed by atoms with Crippen molar-refractivity contribution in [3.8, 4) is 0 Å². The van der Waals surface area contributed by atoms with Crippen molar-refractivity contribution < 1.29 is 0 Å². The Bertz CT molecular complexity index is 22.4. The fourth-order valence-corrected chi connectivity index (χ4v) is 0.533. The summed E-state index contributed by atoms with van der Waals surface area (Å²) in [4.78, 5) is 0. The first-order chi connectivity index (χ1) is 2.91. The third-order valence-corrected chi connectivity index (χ3v) is 1.00. The molecular weight excluding hydrogens is 171 g/mol. The van der Waals surface area contributed by atoms with E-state index < -0.39 is 0 Å². The van der Waals surface area contributed by atoms with Crippen LogP contribution in [0.3, 0.4) is 0 Å². The average Bonchev–Trinajstić information content (AvgIpc) is 1.61. The van der Waals surface area contributed by atoms with Crippen molar-refractivity contribution >= 4 is 61.7 Å². The Morgan fingerprint density at radius 1 is 1.25 bits per heavy atom. The molecule has 8 heavy (non-hydrogen) atoms. The SMILES string of the molecule is CCCCCCl.Cl.[CaH2]. The Labute approximate surface area is 92.8 Å². The number of rotatable bonds is 3. The molecule has 0 saturated heterocycles. The molecule has 0 amide bonds. The molecule has 0 aromatic rings. The molecule has 50 valence electrons. The summed E-state index contributed by atoms with van der Waals surface area (Å²) >= 11 is 5.38. The van der Waals surface area contributed by atoms with E-state index in [1.165, 1.54) is 19.3 Å². The summed E-state index contributed by atoms with van der Waals surface area (Å²) < 4.78 is 0. The number of hydrogen-bond acceptors (Lipinski definition) is 0. The van der Waals surface area contributed by atoms with Crippen LogP contribution in [0.2, 0.25) is 0 Å². The molecule has 0 unspecified atom stereocenters. The van der Waals surface area contributed by atoms with Crippen molar-refractivity contribution in [3.05, 3.63) is 0 Å². The van der Waals surface area contributed by atoms with Gasteiger partial charge in [0.05, 0.1) is 0 Å². The van der Waals surface area contributed by atoms with E-state index in [1.807, 2.05) is 0 Å². The van der Waals surface area contributed by atoms with Crippen molar-refractivity contribution in [1.82, 2.24) is 0 Å². The molecule has 0 aliphatic carbocycles. The normalized spacial score (nSPS) is 6.75. The zero-order chi connectivity index (χ0) is 4.83. The van der Waals surface area contributed by atoms with E-state index in [0.29, 0.717) is 0 Å². The van der Waals surface area contributed by atoms with Gasteiger partial charge < -0.3 is 0 Å². The van der Waals surface area contributed by atoms with Gasteiger partial charge in [0.1, 0.15) is 0 Å². The maximum absolute atomic E-state index is 5.38. The van der Waals surface area contributed by atoms with Gasteiger partial charge in [-0.15, -0.1) is 24.0 Å². The summed E-state index contributed by atoms with van der Waals surface area (Å²) in [6, 6.07) is 0. The summed E-state index contributed by atoms with van der Waals surface area (Å²) in [5.74, 6) is 0.827. The summed E-state index contributed by atoms with van der Waals surface area (Å²) in [5.41, 5.74) is 0. The maximum atomic E-state index is 5.38. The van der Waals surface area contributed by atoms with Gasteiger partial charge in [0, 0.05) is 5.88 Å². The standard InChI is InChI=1S/C5H11Cl.Ca.ClH.2H/c1-2-3-4-5-6;;;;/h2-5H2,1H3;;1H;;. The summed E-state index contributed by atoms with van der Waals surface area (Å²) in [6.45, 7) is 2.17. The second-order valence-electron chi connectivity index (χ2n) is 1.40. The van der Waals surface area contributed by atoms with Crippen LogP contribution in [0.5, 0.6) is 0 Å². The van der Waals surface area contributed by atoms with E-state index in [4.69, 9.17) is 11.6 Å². The van der Waals surface area contributed by atoms with Crippen LogP contribution in [0, 0.1) is 0 Å². The second-order valence-corrected chi connectivity index (χ2v) is 1.77. The van der Waals surface area contributed by atoms with E-state index in [-0.39, 0.29) is 50.1 Å². The van der Waals surface area contributed by atoms with Crippen LogP contribution in [0.1, 0.15) is 26.2 Å². The van der Waals surface area contributed by atoms with Crippen LogP contribution in [-0.4, -0.2) is 43.6 Å². The zero-order valence-corrected chi connectivity index (χ0v) is 6.19. The molecule has 0 aromatic heterocycles. The van der Waals surface area contributed by atoms with Crippen molar-refractivity contribution in [3.63, 3.8) is 0 Å². The Morgan fingerprint density at radius 3 is 1.88 bits per heavy atom. The molecule has 0 radical (unpaired) electrons. The molecule has 0 aliphatic heterocycles. The molecule has 0 spiro atoms. The molecule has 0 fully saturated rings. The summed E-state index contributed by atoms with van der Waals surface area (Å²) in [6.07, 6.45) is 3.73. The molecule has 3 heteroatoms. The molecule has 0 heterocycles. The molecule has 0 saturated carbocycles. The van der Waals surface area contributed by atoms with Gasteiger partial charge in [-0.2, -0.15) is 0 Å². The van der Waals surface area contributed by atoms with Crippen LogP contribution >= 0.6 is 24.0 Å². The molecule has 0 N–H and O–H groups in total. The van der Waals surface area contributed by atoms with E-state index in [0.717, 1.165) is 5.88 Å². The van der Waals surface area contributed by atoms with Gasteiger partial charge >= 0.3 is 37.7 Å². The van der Waals surface area contributed by atoms with Crippen LogP contribution < -0.4 is 0 Å². The third kappa shape index (κ3) is 15.7. The van der Waals surface area contributed by atoms with E-state index in [2.05, 4.69) is 6.92 Å². The Kier molecular flexibility index (Phi) is 32.7. The Morgan fingerprint density at radius 2 is 1.75 bits per heavy atom. The van der Waals surface area contributed by atoms with Gasteiger partial charge in [-0.05, 0) is 6.42 Å². The van der Waals surface area contributed by atoms with Crippen molar-refractivity contribution in [2.75, 3.05) is 5.88 Å². The first-order valence-electron chi connectivity index (χ1n) is 2.47. The molecule has 0 bridgehead atoms. The van der Waals surface area contributed by atoms with Crippen molar-refractivity contribution in [2.45, 2.75) is 26.2 Å². The van der Waals surface area contributed by atoms with Crippen molar-refractivity contribution in [2.24, 2.45) is 0 Å².